The summed E-state index contributed by atoms with van der Waals surface area (Å²) in [5, 5.41) is 17.7. The van der Waals surface area contributed by atoms with Crippen LogP contribution in [0, 0.1) is 12.8 Å². The van der Waals surface area contributed by atoms with Gasteiger partial charge in [-0.25, -0.2) is 0 Å². The molecule has 2 aromatic rings. The quantitative estimate of drug-likeness (QED) is 0.683. The molecule has 1 saturated heterocycles. The van der Waals surface area contributed by atoms with Crippen LogP contribution in [0.1, 0.15) is 30.8 Å². The Kier molecular flexibility index (Phi) is 6.75. The van der Waals surface area contributed by atoms with Gasteiger partial charge in [-0.15, -0.1) is 0 Å². The van der Waals surface area contributed by atoms with Gasteiger partial charge in [0.1, 0.15) is 6.61 Å². The number of aliphatic hydroxyl groups is 1. The Balaban J connectivity index is 1.59. The molecule has 0 amide bonds. The van der Waals surface area contributed by atoms with Crippen molar-refractivity contribution in [2.45, 2.75) is 39.8 Å². The molecule has 152 valence electrons. The minimum atomic E-state index is -0.328. The van der Waals surface area contributed by atoms with E-state index in [0.717, 1.165) is 48.0 Å². The first kappa shape index (κ1) is 20.4. The van der Waals surface area contributed by atoms with Crippen molar-refractivity contribution in [1.82, 2.24) is 15.1 Å². The normalized spacial score (nSPS) is 19.6. The summed E-state index contributed by atoms with van der Waals surface area (Å²) in [4.78, 5) is 2.29. The number of aliphatic hydroxyl groups excluding tert-OH is 1. The SMILES string of the molecule is COc1cc(CN2C[C@@H](Cc3cc(C)[nH]n3)[C@@H](O)C2)ccc1OCC=C(C)C. The van der Waals surface area contributed by atoms with Gasteiger partial charge in [0, 0.05) is 31.2 Å². The van der Waals surface area contributed by atoms with Crippen LogP contribution in [0.4, 0.5) is 0 Å². The predicted octanol–water partition coefficient (Wildman–Crippen LogP) is 3.11. The number of rotatable bonds is 8. The standard InChI is InChI=1S/C22H31N3O3/c1-15(2)7-8-28-21-6-5-17(10-22(21)27-4)12-25-13-18(20(26)14-25)11-19-9-16(3)23-24-19/h5-7,9-10,18,20,26H,8,11-14H2,1-4H3,(H,23,24)/t18-,20+/m1/s1. The van der Waals surface area contributed by atoms with E-state index in [4.69, 9.17) is 9.47 Å². The highest BCUT2D eigenvalue weighted by Crippen LogP contribution is 2.30. The van der Waals surface area contributed by atoms with Crippen molar-refractivity contribution in [1.29, 1.82) is 0 Å². The average molecular weight is 386 g/mol. The van der Waals surface area contributed by atoms with Gasteiger partial charge in [-0.05, 0) is 57.0 Å². The number of likely N-dealkylation sites (tertiary alicyclic amines) is 1. The van der Waals surface area contributed by atoms with E-state index in [9.17, 15) is 5.11 Å². The number of hydrogen-bond acceptors (Lipinski definition) is 5. The molecule has 6 heteroatoms. The van der Waals surface area contributed by atoms with Gasteiger partial charge in [0.15, 0.2) is 11.5 Å². The first-order valence-corrected chi connectivity index (χ1v) is 9.79. The lowest BCUT2D eigenvalue weighted by Crippen LogP contribution is -2.21. The van der Waals surface area contributed by atoms with Gasteiger partial charge >= 0.3 is 0 Å². The number of aromatic nitrogens is 2. The first-order chi connectivity index (χ1) is 13.4. The summed E-state index contributed by atoms with van der Waals surface area (Å²) in [5.41, 5.74) is 4.44. The topological polar surface area (TPSA) is 70.6 Å². The summed E-state index contributed by atoms with van der Waals surface area (Å²) >= 11 is 0. The van der Waals surface area contributed by atoms with Crippen LogP contribution >= 0.6 is 0 Å². The van der Waals surface area contributed by atoms with Crippen LogP contribution in [0.2, 0.25) is 0 Å². The van der Waals surface area contributed by atoms with Gasteiger partial charge in [-0.2, -0.15) is 5.10 Å². The summed E-state index contributed by atoms with van der Waals surface area (Å²) < 4.78 is 11.3. The van der Waals surface area contributed by atoms with Crippen molar-refractivity contribution in [2.24, 2.45) is 5.92 Å². The van der Waals surface area contributed by atoms with Crippen molar-refractivity contribution in [3.8, 4) is 11.5 Å². The summed E-state index contributed by atoms with van der Waals surface area (Å²) in [5.74, 6) is 1.69. The molecule has 0 bridgehead atoms. The minimum Gasteiger partial charge on any atom is -0.493 e. The Morgan fingerprint density at radius 2 is 2.11 bits per heavy atom. The van der Waals surface area contributed by atoms with Crippen LogP contribution < -0.4 is 9.47 Å². The number of hydrogen-bond donors (Lipinski definition) is 2. The lowest BCUT2D eigenvalue weighted by Gasteiger charge is -2.17. The monoisotopic (exact) mass is 385 g/mol. The molecule has 0 radical (unpaired) electrons. The number of aromatic amines is 1. The molecule has 2 atom stereocenters. The Morgan fingerprint density at radius 1 is 1.29 bits per heavy atom. The molecular formula is C22H31N3O3. The third-order valence-corrected chi connectivity index (χ3v) is 5.08. The van der Waals surface area contributed by atoms with Crippen LogP contribution in [0.3, 0.4) is 0 Å². The van der Waals surface area contributed by atoms with Crippen LogP contribution in [0.15, 0.2) is 35.9 Å². The van der Waals surface area contributed by atoms with E-state index in [0.29, 0.717) is 13.2 Å². The lowest BCUT2D eigenvalue weighted by molar-refractivity contribution is 0.140. The van der Waals surface area contributed by atoms with E-state index in [-0.39, 0.29) is 12.0 Å². The largest absolute Gasteiger partial charge is 0.493 e. The Morgan fingerprint density at radius 3 is 2.79 bits per heavy atom. The summed E-state index contributed by atoms with van der Waals surface area (Å²) in [6.45, 7) is 8.93. The number of β-amino-alcohol motifs (C(OH)–C–C–N with tert-alkyl or cyclic N) is 1. The molecule has 1 aromatic heterocycles. The molecular weight excluding hydrogens is 354 g/mol. The molecule has 2 N–H and O–H groups in total. The molecule has 1 aliphatic rings. The van der Waals surface area contributed by atoms with Crippen molar-refractivity contribution >= 4 is 0 Å². The van der Waals surface area contributed by atoms with E-state index in [2.05, 4.69) is 35.0 Å². The highest BCUT2D eigenvalue weighted by Gasteiger charge is 2.31. The van der Waals surface area contributed by atoms with E-state index in [1.807, 2.05) is 31.2 Å². The van der Waals surface area contributed by atoms with Gasteiger partial charge in [-0.3, -0.25) is 10.00 Å². The molecule has 28 heavy (non-hydrogen) atoms. The van der Waals surface area contributed by atoms with Crippen molar-refractivity contribution in [3.05, 3.63) is 52.9 Å². The van der Waals surface area contributed by atoms with Crippen molar-refractivity contribution in [3.63, 3.8) is 0 Å². The number of aryl methyl sites for hydroxylation is 1. The Labute approximate surface area is 167 Å². The second kappa shape index (κ2) is 9.26. The molecule has 2 heterocycles. The van der Waals surface area contributed by atoms with Gasteiger partial charge in [0.25, 0.3) is 0 Å². The molecule has 1 aliphatic heterocycles. The molecule has 1 aromatic carbocycles. The van der Waals surface area contributed by atoms with Crippen LogP contribution in [0.25, 0.3) is 0 Å². The maximum Gasteiger partial charge on any atom is 0.161 e. The number of methoxy groups -OCH3 is 1. The third kappa shape index (κ3) is 5.36. The molecule has 0 unspecified atom stereocenters. The fraction of sp³-hybridized carbons (Fsp3) is 0.500. The summed E-state index contributed by atoms with van der Waals surface area (Å²) in [7, 11) is 1.66. The highest BCUT2D eigenvalue weighted by atomic mass is 16.5. The summed E-state index contributed by atoms with van der Waals surface area (Å²) in [6, 6.07) is 8.10. The number of H-pyrrole nitrogens is 1. The fourth-order valence-electron chi connectivity index (χ4n) is 3.60. The van der Waals surface area contributed by atoms with Crippen LogP contribution in [-0.4, -0.2) is 53.1 Å². The molecule has 6 nitrogen and oxygen atoms in total. The van der Waals surface area contributed by atoms with E-state index >= 15 is 0 Å². The van der Waals surface area contributed by atoms with Crippen molar-refractivity contribution < 1.29 is 14.6 Å². The average Bonchev–Trinajstić information content (AvgIpc) is 3.21. The van der Waals surface area contributed by atoms with Gasteiger partial charge in [-0.1, -0.05) is 11.6 Å². The third-order valence-electron chi connectivity index (χ3n) is 5.08. The van der Waals surface area contributed by atoms with Crippen molar-refractivity contribution in [2.75, 3.05) is 26.8 Å². The number of benzene rings is 1. The lowest BCUT2D eigenvalue weighted by atomic mass is 10.0. The number of nitrogens with zero attached hydrogens (tertiary/aromatic N) is 2. The van der Waals surface area contributed by atoms with E-state index in [1.165, 1.54) is 5.57 Å². The van der Waals surface area contributed by atoms with Gasteiger partial charge < -0.3 is 14.6 Å². The highest BCUT2D eigenvalue weighted by molar-refractivity contribution is 5.43. The van der Waals surface area contributed by atoms with Crippen LogP contribution in [-0.2, 0) is 13.0 Å². The first-order valence-electron chi connectivity index (χ1n) is 9.79. The molecule has 0 aliphatic carbocycles. The number of allylic oxidation sites excluding steroid dienone is 1. The predicted molar refractivity (Wildman–Crippen MR) is 110 cm³/mol. The maximum absolute atomic E-state index is 10.5. The molecule has 1 fully saturated rings. The Hall–Kier alpha value is -2.31. The summed E-state index contributed by atoms with van der Waals surface area (Å²) in [6.07, 6.45) is 2.51. The van der Waals surface area contributed by atoms with Gasteiger partial charge in [0.2, 0.25) is 0 Å². The van der Waals surface area contributed by atoms with E-state index < -0.39 is 0 Å². The zero-order valence-corrected chi connectivity index (χ0v) is 17.2. The number of nitrogens with one attached hydrogen (secondary N) is 1. The fourth-order valence-corrected chi connectivity index (χ4v) is 3.60. The second-order valence-corrected chi connectivity index (χ2v) is 7.85. The zero-order valence-electron chi connectivity index (χ0n) is 17.2. The molecule has 3 rings (SSSR count). The van der Waals surface area contributed by atoms with E-state index in [1.54, 1.807) is 7.11 Å². The maximum atomic E-state index is 10.5. The number of ether oxygens (including phenoxy) is 2. The van der Waals surface area contributed by atoms with Crippen LogP contribution in [0.5, 0.6) is 11.5 Å². The smallest absolute Gasteiger partial charge is 0.161 e. The molecule has 0 spiro atoms. The zero-order chi connectivity index (χ0) is 20.1. The second-order valence-electron chi connectivity index (χ2n) is 7.85. The van der Waals surface area contributed by atoms with Gasteiger partial charge in [0.05, 0.1) is 18.9 Å². The Bertz CT molecular complexity index is 811. The minimum absolute atomic E-state index is 0.205. The molecule has 0 saturated carbocycles.